The van der Waals surface area contributed by atoms with Crippen molar-refractivity contribution in [3.63, 3.8) is 0 Å². The lowest BCUT2D eigenvalue weighted by atomic mass is 10.2. The van der Waals surface area contributed by atoms with Gasteiger partial charge in [0.15, 0.2) is 0 Å². The van der Waals surface area contributed by atoms with Gasteiger partial charge in [-0.15, -0.1) is 0 Å². The molecule has 1 rings (SSSR count). The van der Waals surface area contributed by atoms with Crippen molar-refractivity contribution in [2.75, 3.05) is 6.54 Å². The minimum Gasteiger partial charge on any atom is -0.393 e. The number of rotatable bonds is 5. The second-order valence-corrected chi connectivity index (χ2v) is 5.74. The molecule has 0 aromatic carbocycles. The molecule has 1 aromatic heterocycles. The molecule has 3 N–H and O–H groups in total. The van der Waals surface area contributed by atoms with Gasteiger partial charge in [-0.25, -0.2) is 13.1 Å². The fraction of sp³-hybridized carbons (Fsp3) is 0.500. The van der Waals surface area contributed by atoms with Gasteiger partial charge < -0.3 is 5.73 Å². The fourth-order valence-electron chi connectivity index (χ4n) is 0.956. The minimum atomic E-state index is -3.52. The van der Waals surface area contributed by atoms with Crippen LogP contribution in [0.5, 0.6) is 0 Å². The van der Waals surface area contributed by atoms with Crippen molar-refractivity contribution in [3.8, 4) is 0 Å². The molecule has 1 heterocycles. The van der Waals surface area contributed by atoms with Gasteiger partial charge in [0.05, 0.1) is 11.2 Å². The van der Waals surface area contributed by atoms with Gasteiger partial charge in [-0.2, -0.15) is 5.10 Å². The third-order valence-corrected chi connectivity index (χ3v) is 3.84. The summed E-state index contributed by atoms with van der Waals surface area (Å²) in [6.45, 7) is 1.95. The largest absolute Gasteiger partial charge is 0.393 e. The standard InChI is InChI=1S/C8H14N4O2S2/c1-6(8(9)15)3-11-16(13,14)7-4-10-12(2)5-7/h4-6,11H,3H2,1-2H3,(H2,9,15). The summed E-state index contributed by atoms with van der Waals surface area (Å²) in [5, 5.41) is 3.79. The van der Waals surface area contributed by atoms with Crippen molar-refractivity contribution in [1.82, 2.24) is 14.5 Å². The second-order valence-electron chi connectivity index (χ2n) is 3.51. The van der Waals surface area contributed by atoms with Crippen molar-refractivity contribution in [2.45, 2.75) is 11.8 Å². The van der Waals surface area contributed by atoms with E-state index in [-0.39, 0.29) is 22.3 Å². The first-order valence-electron chi connectivity index (χ1n) is 4.60. The van der Waals surface area contributed by atoms with E-state index in [2.05, 4.69) is 9.82 Å². The van der Waals surface area contributed by atoms with Crippen molar-refractivity contribution in [2.24, 2.45) is 18.7 Å². The second kappa shape index (κ2) is 4.89. The molecule has 16 heavy (non-hydrogen) atoms. The van der Waals surface area contributed by atoms with Crippen molar-refractivity contribution < 1.29 is 8.42 Å². The van der Waals surface area contributed by atoms with Gasteiger partial charge in [0.2, 0.25) is 10.0 Å². The molecule has 0 aliphatic rings. The van der Waals surface area contributed by atoms with Crippen molar-refractivity contribution in [1.29, 1.82) is 0 Å². The monoisotopic (exact) mass is 262 g/mol. The van der Waals surface area contributed by atoms with E-state index in [1.54, 1.807) is 14.0 Å². The van der Waals surface area contributed by atoms with Gasteiger partial charge in [-0.3, -0.25) is 4.68 Å². The first-order chi connectivity index (χ1) is 7.33. The fourth-order valence-corrected chi connectivity index (χ4v) is 2.15. The maximum absolute atomic E-state index is 11.7. The molecule has 0 amide bonds. The van der Waals surface area contributed by atoms with E-state index in [1.807, 2.05) is 0 Å². The molecule has 0 fully saturated rings. The summed E-state index contributed by atoms with van der Waals surface area (Å²) in [7, 11) is -1.87. The van der Waals surface area contributed by atoms with Crippen LogP contribution in [0.15, 0.2) is 17.3 Å². The molecule has 0 aliphatic carbocycles. The van der Waals surface area contributed by atoms with Crippen LogP contribution in [0.1, 0.15) is 6.92 Å². The van der Waals surface area contributed by atoms with Gasteiger partial charge in [0.1, 0.15) is 4.90 Å². The number of hydrogen-bond acceptors (Lipinski definition) is 4. The average molecular weight is 262 g/mol. The Kier molecular flexibility index (Phi) is 4.00. The lowest BCUT2D eigenvalue weighted by Gasteiger charge is -2.10. The molecule has 8 heteroatoms. The molecular weight excluding hydrogens is 248 g/mol. The van der Waals surface area contributed by atoms with E-state index in [9.17, 15) is 8.42 Å². The Labute approximate surface area is 99.9 Å². The van der Waals surface area contributed by atoms with Crippen LogP contribution in [0.3, 0.4) is 0 Å². The summed E-state index contributed by atoms with van der Waals surface area (Å²) < 4.78 is 27.3. The smallest absolute Gasteiger partial charge is 0.243 e. The number of nitrogens with zero attached hydrogens (tertiary/aromatic N) is 2. The van der Waals surface area contributed by atoms with Crippen LogP contribution in [0.2, 0.25) is 0 Å². The molecule has 0 aliphatic heterocycles. The summed E-state index contributed by atoms with van der Waals surface area (Å²) in [6, 6.07) is 0. The molecule has 0 radical (unpaired) electrons. The Morgan fingerprint density at radius 1 is 1.75 bits per heavy atom. The zero-order chi connectivity index (χ0) is 12.3. The SMILES string of the molecule is CC(CNS(=O)(=O)c1cnn(C)c1)C(N)=S. The highest BCUT2D eigenvalue weighted by molar-refractivity contribution is 7.89. The highest BCUT2D eigenvalue weighted by Gasteiger charge is 2.17. The Bertz CT molecular complexity index is 480. The van der Waals surface area contributed by atoms with Crippen LogP contribution in [0.25, 0.3) is 0 Å². The normalized spacial score (nSPS) is 13.6. The zero-order valence-electron chi connectivity index (χ0n) is 9.04. The van der Waals surface area contributed by atoms with Crippen LogP contribution in [0, 0.1) is 5.92 Å². The molecular formula is C8H14N4O2S2. The van der Waals surface area contributed by atoms with E-state index in [0.717, 1.165) is 0 Å². The molecule has 0 saturated carbocycles. The number of nitrogens with two attached hydrogens (primary N) is 1. The van der Waals surface area contributed by atoms with Gasteiger partial charge >= 0.3 is 0 Å². The van der Waals surface area contributed by atoms with Crippen molar-refractivity contribution in [3.05, 3.63) is 12.4 Å². The van der Waals surface area contributed by atoms with Crippen molar-refractivity contribution >= 4 is 27.2 Å². The van der Waals surface area contributed by atoms with Crippen LogP contribution in [-0.2, 0) is 17.1 Å². The third-order valence-electron chi connectivity index (χ3n) is 2.06. The highest BCUT2D eigenvalue weighted by Crippen LogP contribution is 2.06. The van der Waals surface area contributed by atoms with Gasteiger partial charge in [0, 0.05) is 25.7 Å². The molecule has 0 bridgehead atoms. The Morgan fingerprint density at radius 2 is 2.38 bits per heavy atom. The van der Waals surface area contributed by atoms with Crippen LogP contribution >= 0.6 is 12.2 Å². The number of thiocarbonyl (C=S) groups is 1. The third kappa shape index (κ3) is 3.26. The number of aryl methyl sites for hydroxylation is 1. The quantitative estimate of drug-likeness (QED) is 0.706. The molecule has 0 saturated heterocycles. The predicted octanol–water partition coefficient (Wildman–Crippen LogP) is -0.379. The summed E-state index contributed by atoms with van der Waals surface area (Å²) in [4.78, 5) is 0.416. The van der Waals surface area contributed by atoms with E-state index < -0.39 is 10.0 Å². The highest BCUT2D eigenvalue weighted by atomic mass is 32.2. The summed E-state index contributed by atoms with van der Waals surface area (Å²) in [5.41, 5.74) is 5.39. The first-order valence-corrected chi connectivity index (χ1v) is 6.49. The topological polar surface area (TPSA) is 90.0 Å². The summed E-state index contributed by atoms with van der Waals surface area (Å²) in [6.07, 6.45) is 2.71. The maximum atomic E-state index is 11.7. The molecule has 1 aromatic rings. The van der Waals surface area contributed by atoms with E-state index >= 15 is 0 Å². The van der Waals surface area contributed by atoms with Crippen LogP contribution in [0.4, 0.5) is 0 Å². The van der Waals surface area contributed by atoms with E-state index in [1.165, 1.54) is 17.1 Å². The number of hydrogen-bond donors (Lipinski definition) is 2. The Hall–Kier alpha value is -0.990. The minimum absolute atomic E-state index is 0.130. The Morgan fingerprint density at radius 3 is 2.81 bits per heavy atom. The van der Waals surface area contributed by atoms with E-state index in [4.69, 9.17) is 18.0 Å². The van der Waals surface area contributed by atoms with Crippen LogP contribution < -0.4 is 10.5 Å². The van der Waals surface area contributed by atoms with Gasteiger partial charge in [0.25, 0.3) is 0 Å². The average Bonchev–Trinajstić information content (AvgIpc) is 2.61. The number of nitrogens with one attached hydrogen (secondary N) is 1. The lowest BCUT2D eigenvalue weighted by Crippen LogP contribution is -2.33. The zero-order valence-corrected chi connectivity index (χ0v) is 10.7. The lowest BCUT2D eigenvalue weighted by molar-refractivity contribution is 0.575. The maximum Gasteiger partial charge on any atom is 0.243 e. The van der Waals surface area contributed by atoms with Crippen LogP contribution in [-0.4, -0.2) is 29.7 Å². The summed E-state index contributed by atoms with van der Waals surface area (Å²) in [5.74, 6) is -0.179. The number of aromatic nitrogens is 2. The summed E-state index contributed by atoms with van der Waals surface area (Å²) >= 11 is 4.75. The van der Waals surface area contributed by atoms with Gasteiger partial charge in [-0.05, 0) is 0 Å². The molecule has 6 nitrogen and oxygen atoms in total. The predicted molar refractivity (Wildman–Crippen MR) is 64.3 cm³/mol. The van der Waals surface area contributed by atoms with E-state index in [0.29, 0.717) is 0 Å². The van der Waals surface area contributed by atoms with Gasteiger partial charge in [-0.1, -0.05) is 19.1 Å². The first kappa shape index (κ1) is 13.1. The number of sulfonamides is 1. The molecule has 1 unspecified atom stereocenters. The molecule has 0 spiro atoms. The molecule has 1 atom stereocenters. The molecule has 90 valence electrons. The Balaban J connectivity index is 2.70.